The van der Waals surface area contributed by atoms with Crippen LogP contribution in [0.2, 0.25) is 5.02 Å². The number of sulfonamides is 1. The molecule has 1 aromatic carbocycles. The van der Waals surface area contributed by atoms with Crippen LogP contribution in [-0.2, 0) is 43.4 Å². The Morgan fingerprint density at radius 2 is 1.40 bits per heavy atom. The van der Waals surface area contributed by atoms with Crippen LogP contribution in [0.4, 0.5) is 5.95 Å². The van der Waals surface area contributed by atoms with Crippen molar-refractivity contribution in [3.05, 3.63) is 41.2 Å². The van der Waals surface area contributed by atoms with Crippen LogP contribution >= 0.6 is 11.6 Å². The summed E-state index contributed by atoms with van der Waals surface area (Å²) in [6.45, 7) is 0.950. The monoisotopic (exact) mass is 705 g/mol. The first-order valence-electron chi connectivity index (χ1n) is 14.0. The third kappa shape index (κ3) is 16.8. The van der Waals surface area contributed by atoms with Gasteiger partial charge in [0.05, 0.1) is 61.7 Å². The molecule has 0 aliphatic heterocycles. The van der Waals surface area contributed by atoms with Crippen LogP contribution < -0.4 is 20.1 Å². The van der Waals surface area contributed by atoms with Gasteiger partial charge in [0, 0.05) is 31.9 Å². The molecule has 0 saturated carbocycles. The number of hydrogen-bond donors (Lipinski definition) is 5. The van der Waals surface area contributed by atoms with Gasteiger partial charge in [0.25, 0.3) is 15.9 Å². The lowest BCUT2D eigenvalue weighted by Crippen LogP contribution is -2.31. The van der Waals surface area contributed by atoms with Gasteiger partial charge in [0.2, 0.25) is 11.9 Å². The second-order valence-electron chi connectivity index (χ2n) is 9.17. The molecule has 0 atom stereocenters. The van der Waals surface area contributed by atoms with Crippen LogP contribution in [-0.4, -0.2) is 125 Å². The molecule has 1 aromatic heterocycles. The van der Waals surface area contributed by atoms with E-state index in [2.05, 4.69) is 25.3 Å². The van der Waals surface area contributed by atoms with E-state index in [1.54, 1.807) is 0 Å². The highest BCUT2D eigenvalue weighted by atomic mass is 35.5. The molecule has 2 rings (SSSR count). The van der Waals surface area contributed by atoms with Gasteiger partial charge in [-0.2, -0.15) is 0 Å². The van der Waals surface area contributed by atoms with Crippen LogP contribution in [0.15, 0.2) is 35.5 Å². The van der Waals surface area contributed by atoms with Crippen molar-refractivity contribution in [2.24, 2.45) is 0 Å². The number of aromatic nitrogens is 2. The predicted molar refractivity (Wildman–Crippen MR) is 163 cm³/mol. The summed E-state index contributed by atoms with van der Waals surface area (Å²) >= 11 is 6.11. The molecule has 260 valence electrons. The van der Waals surface area contributed by atoms with Gasteiger partial charge < -0.3 is 44.5 Å². The molecule has 1 heterocycles. The van der Waals surface area contributed by atoms with Crippen molar-refractivity contribution in [1.29, 1.82) is 0 Å². The van der Waals surface area contributed by atoms with Gasteiger partial charge >= 0.3 is 11.9 Å². The topological polar surface area (TPSA) is 251 Å². The fourth-order valence-corrected chi connectivity index (χ4v) is 4.55. The van der Waals surface area contributed by atoms with Crippen LogP contribution in [0.5, 0.6) is 5.75 Å². The summed E-state index contributed by atoms with van der Waals surface area (Å²) in [5, 5.41) is 22.3. The molecule has 18 nitrogen and oxygen atoms in total. The Morgan fingerprint density at radius 3 is 2.02 bits per heavy atom. The SMILES string of the molecule is O=C(O)CCCOc1ccc(S(=O)(=O)Nc2ncc(C(=O)NCCOCCOCC(=O)NCCOCCOCC(=O)O)cn2)cc1Cl. The number of benzene rings is 1. The maximum atomic E-state index is 12.7. The molecule has 0 aliphatic rings. The molecule has 20 heteroatoms. The molecule has 0 bridgehead atoms. The highest BCUT2D eigenvalue weighted by Gasteiger charge is 2.18. The van der Waals surface area contributed by atoms with Crippen molar-refractivity contribution in [2.75, 3.05) is 77.3 Å². The highest BCUT2D eigenvalue weighted by Crippen LogP contribution is 2.28. The number of carboxylic acids is 2. The van der Waals surface area contributed by atoms with Crippen LogP contribution in [0, 0.1) is 0 Å². The number of nitrogens with one attached hydrogen (secondary N) is 3. The first-order valence-corrected chi connectivity index (χ1v) is 15.9. The quantitative estimate of drug-likeness (QED) is 0.0864. The lowest BCUT2D eigenvalue weighted by molar-refractivity contribution is -0.143. The van der Waals surface area contributed by atoms with Gasteiger partial charge in [-0.15, -0.1) is 0 Å². The zero-order valence-corrected chi connectivity index (χ0v) is 26.7. The highest BCUT2D eigenvalue weighted by molar-refractivity contribution is 7.92. The van der Waals surface area contributed by atoms with Crippen LogP contribution in [0.1, 0.15) is 23.2 Å². The Balaban J connectivity index is 1.59. The number of anilines is 1. The summed E-state index contributed by atoms with van der Waals surface area (Å²) in [4.78, 5) is 52.4. The molecule has 2 aromatic rings. The predicted octanol–water partition coefficient (Wildman–Crippen LogP) is 0.171. The summed E-state index contributed by atoms with van der Waals surface area (Å²) < 4.78 is 53.5. The maximum absolute atomic E-state index is 12.7. The number of hydrogen-bond acceptors (Lipinski definition) is 13. The Kier molecular flexibility index (Phi) is 18.0. The second-order valence-corrected chi connectivity index (χ2v) is 11.3. The van der Waals surface area contributed by atoms with E-state index in [-0.39, 0.29) is 112 Å². The second kappa shape index (κ2) is 21.6. The summed E-state index contributed by atoms with van der Waals surface area (Å²) in [7, 11) is -4.13. The van der Waals surface area contributed by atoms with Crippen molar-refractivity contribution in [2.45, 2.75) is 17.7 Å². The minimum absolute atomic E-state index is 0.00916. The molecule has 0 fully saturated rings. The van der Waals surface area contributed by atoms with E-state index in [0.29, 0.717) is 0 Å². The normalized spacial score (nSPS) is 11.1. The fourth-order valence-electron chi connectivity index (χ4n) is 3.27. The molecule has 0 saturated heterocycles. The van der Waals surface area contributed by atoms with Crippen molar-refractivity contribution < 1.29 is 61.5 Å². The number of aliphatic carboxylic acids is 2. The van der Waals surface area contributed by atoms with Gasteiger partial charge in [-0.05, 0) is 24.6 Å². The Bertz CT molecular complexity index is 1410. The summed E-state index contributed by atoms with van der Waals surface area (Å²) in [6.07, 6.45) is 2.46. The van der Waals surface area contributed by atoms with Crippen LogP contribution in [0.3, 0.4) is 0 Å². The lowest BCUT2D eigenvalue weighted by atomic mass is 10.3. The van der Waals surface area contributed by atoms with Crippen molar-refractivity contribution >= 4 is 51.3 Å². The first-order chi connectivity index (χ1) is 22.5. The molecule has 0 spiro atoms. The van der Waals surface area contributed by atoms with E-state index in [9.17, 15) is 27.6 Å². The van der Waals surface area contributed by atoms with E-state index < -0.39 is 34.5 Å². The molecule has 0 unspecified atom stereocenters. The van der Waals surface area contributed by atoms with Crippen molar-refractivity contribution in [3.63, 3.8) is 0 Å². The Labute approximate surface area is 275 Å². The minimum Gasteiger partial charge on any atom is -0.492 e. The summed E-state index contributed by atoms with van der Waals surface area (Å²) in [6, 6.07) is 3.76. The molecule has 5 N–H and O–H groups in total. The van der Waals surface area contributed by atoms with E-state index in [1.807, 2.05) is 0 Å². The Morgan fingerprint density at radius 1 is 0.787 bits per heavy atom. The molecule has 47 heavy (non-hydrogen) atoms. The number of rotatable bonds is 25. The zero-order valence-electron chi connectivity index (χ0n) is 25.1. The molecule has 0 aliphatic carbocycles. The number of halogens is 1. The van der Waals surface area contributed by atoms with Crippen LogP contribution in [0.25, 0.3) is 0 Å². The smallest absolute Gasteiger partial charge is 0.329 e. The number of ether oxygens (including phenoxy) is 5. The van der Waals surface area contributed by atoms with E-state index in [1.165, 1.54) is 12.1 Å². The Hall–Kier alpha value is -4.14. The number of carboxylic acid groups (broad SMARTS) is 2. The number of amides is 2. The summed E-state index contributed by atoms with van der Waals surface area (Å²) in [5.74, 6) is -2.97. The number of nitrogens with zero attached hydrogens (tertiary/aromatic N) is 2. The number of carbonyl (C=O) groups is 4. The largest absolute Gasteiger partial charge is 0.492 e. The van der Waals surface area contributed by atoms with E-state index >= 15 is 0 Å². The zero-order chi connectivity index (χ0) is 34.5. The lowest BCUT2D eigenvalue weighted by Gasteiger charge is -2.11. The molecular formula is C27H36ClN5O13S. The van der Waals surface area contributed by atoms with Gasteiger partial charge in [0.1, 0.15) is 19.0 Å². The third-order valence-electron chi connectivity index (χ3n) is 5.45. The van der Waals surface area contributed by atoms with Gasteiger partial charge in [-0.25, -0.2) is 27.9 Å². The van der Waals surface area contributed by atoms with Gasteiger partial charge in [-0.3, -0.25) is 14.4 Å². The molecule has 2 amide bonds. The third-order valence-corrected chi connectivity index (χ3v) is 7.07. The minimum atomic E-state index is -4.13. The van der Waals surface area contributed by atoms with Gasteiger partial charge in [0.15, 0.2) is 0 Å². The van der Waals surface area contributed by atoms with E-state index in [4.69, 9.17) is 45.5 Å². The van der Waals surface area contributed by atoms with Crippen molar-refractivity contribution in [1.82, 2.24) is 20.6 Å². The van der Waals surface area contributed by atoms with Gasteiger partial charge in [-0.1, -0.05) is 11.6 Å². The standard InChI is InChI=1S/C27H36ClN5O13S/c28-21-14-20(3-4-22(21)46-7-1-2-24(35)36)47(40,41)33-27-31-15-19(16-32-27)26(39)30-6-9-43-10-12-44-17-23(34)29-5-8-42-11-13-45-18-25(37)38/h3-4,14-16H,1-2,5-13,17-18H2,(H,29,34)(H,30,39)(H,35,36)(H,37,38)(H,31,32,33). The molecular weight excluding hydrogens is 670 g/mol. The number of carbonyl (C=O) groups excluding carboxylic acids is 2. The first kappa shape index (κ1) is 39.0. The maximum Gasteiger partial charge on any atom is 0.329 e. The average molecular weight is 706 g/mol. The molecule has 0 radical (unpaired) electrons. The summed E-state index contributed by atoms with van der Waals surface area (Å²) in [5.41, 5.74) is 0.0756. The van der Waals surface area contributed by atoms with E-state index in [0.717, 1.165) is 18.5 Å². The van der Waals surface area contributed by atoms with Crippen molar-refractivity contribution in [3.8, 4) is 5.75 Å². The fraction of sp³-hybridized carbons (Fsp3) is 0.481. The average Bonchev–Trinajstić information content (AvgIpc) is 3.02.